The van der Waals surface area contributed by atoms with Crippen molar-refractivity contribution in [3.63, 3.8) is 0 Å². The number of aromatic nitrogens is 2. The number of nitrogens with zero attached hydrogens (tertiary/aromatic N) is 3. The highest BCUT2D eigenvalue weighted by molar-refractivity contribution is 8.01. The Morgan fingerprint density at radius 3 is 1.83 bits per heavy atom. The summed E-state index contributed by atoms with van der Waals surface area (Å²) in [5, 5.41) is 2.60. The average Bonchev–Trinajstić information content (AvgIpc) is 3.83. The van der Waals surface area contributed by atoms with E-state index in [1.807, 2.05) is 83.4 Å². The summed E-state index contributed by atoms with van der Waals surface area (Å²) in [6.45, 7) is 0. The fraction of sp³-hybridized carbons (Fsp3) is 0. The topological polar surface area (TPSA) is 55.3 Å². The van der Waals surface area contributed by atoms with Crippen molar-refractivity contribution < 1.29 is 8.83 Å². The molecule has 0 saturated heterocycles. The zero-order valence-electron chi connectivity index (χ0n) is 23.9. The number of oxazole rings is 2. The number of anilines is 3. The highest BCUT2D eigenvalue weighted by Crippen LogP contribution is 2.63. The summed E-state index contributed by atoms with van der Waals surface area (Å²) in [7, 11) is 0. The predicted octanol–water partition coefficient (Wildman–Crippen LogP) is 12.1. The number of para-hydroxylation sites is 4. The molecule has 216 valence electrons. The van der Waals surface area contributed by atoms with Gasteiger partial charge in [0.05, 0.1) is 26.7 Å². The predicted molar refractivity (Wildman–Crippen MR) is 188 cm³/mol. The van der Waals surface area contributed by atoms with E-state index in [4.69, 9.17) is 18.8 Å². The average molecular weight is 646 g/mol. The third-order valence-corrected chi connectivity index (χ3v) is 12.3. The Labute approximate surface area is 274 Å². The van der Waals surface area contributed by atoms with Crippen LogP contribution in [-0.2, 0) is 0 Å². The molecule has 2 aliphatic heterocycles. The van der Waals surface area contributed by atoms with Crippen LogP contribution in [0.3, 0.4) is 0 Å². The Morgan fingerprint density at radius 1 is 0.543 bits per heavy atom. The molecule has 0 bridgehead atoms. The van der Waals surface area contributed by atoms with Crippen molar-refractivity contribution in [3.05, 3.63) is 115 Å². The van der Waals surface area contributed by atoms with Crippen molar-refractivity contribution in [3.8, 4) is 22.9 Å². The van der Waals surface area contributed by atoms with Crippen LogP contribution in [-0.4, -0.2) is 9.97 Å². The van der Waals surface area contributed by atoms with Crippen LogP contribution in [0.4, 0.5) is 17.1 Å². The van der Waals surface area contributed by atoms with Crippen LogP contribution in [0, 0.1) is 0 Å². The maximum Gasteiger partial charge on any atom is 0.227 e. The summed E-state index contributed by atoms with van der Waals surface area (Å²) < 4.78 is 15.0. The zero-order valence-corrected chi connectivity index (χ0v) is 26.3. The molecule has 6 aromatic carbocycles. The summed E-state index contributed by atoms with van der Waals surface area (Å²) in [4.78, 5) is 16.9. The number of fused-ring (bicyclic) bond motifs is 10. The van der Waals surface area contributed by atoms with Gasteiger partial charge in [-0.15, -0.1) is 11.3 Å². The largest absolute Gasteiger partial charge is 0.436 e. The number of benzene rings is 6. The van der Waals surface area contributed by atoms with Crippen LogP contribution < -0.4 is 4.90 Å². The highest BCUT2D eigenvalue weighted by atomic mass is 32.2. The fourth-order valence-corrected chi connectivity index (χ4v) is 10.4. The van der Waals surface area contributed by atoms with Gasteiger partial charge in [-0.25, -0.2) is 9.97 Å². The van der Waals surface area contributed by atoms with E-state index >= 15 is 0 Å². The SMILES string of the molecule is c1ccc2oc(-c3ccc4c(c3)Sc3cc5c(sc6ccccc65)c5c3N4c3ccc(-c4nc6ccccc6o4)cc3S5)nc2c1. The molecule has 5 heterocycles. The lowest BCUT2D eigenvalue weighted by molar-refractivity contribution is 0.619. The van der Waals surface area contributed by atoms with E-state index in [0.29, 0.717) is 11.8 Å². The minimum absolute atomic E-state index is 0.632. The van der Waals surface area contributed by atoms with Gasteiger partial charge in [0.25, 0.3) is 0 Å². The lowest BCUT2D eigenvalue weighted by Gasteiger charge is -2.38. The molecule has 0 fully saturated rings. The van der Waals surface area contributed by atoms with E-state index in [0.717, 1.165) is 49.6 Å². The first-order valence-electron chi connectivity index (χ1n) is 14.9. The minimum Gasteiger partial charge on any atom is -0.436 e. The van der Waals surface area contributed by atoms with E-state index in [1.54, 1.807) is 0 Å². The van der Waals surface area contributed by atoms with Gasteiger partial charge in [0.15, 0.2) is 11.2 Å². The van der Waals surface area contributed by atoms with Crippen LogP contribution in [0.2, 0.25) is 0 Å². The van der Waals surface area contributed by atoms with Gasteiger partial charge in [-0.3, -0.25) is 0 Å². The third-order valence-electron chi connectivity index (χ3n) is 8.70. The first-order chi connectivity index (χ1) is 22.7. The Balaban J connectivity index is 1.14. The standard InChI is InChI=1S/C38H19N3O2S3/c1-6-12-30-22(7-1)23-19-33-34-36(35(23)45-30)46-32-18-21(38-40-25-9-3-5-11-29(25)43-38)14-16-27(32)41(34)26-15-13-20(17-31(26)44-33)37-39-24-8-2-4-10-28(24)42-37/h1-19H. The summed E-state index contributed by atoms with van der Waals surface area (Å²) in [6, 6.07) is 40.1. The number of thiophene rings is 1. The molecule has 0 amide bonds. The molecule has 8 heteroatoms. The molecule has 9 aromatic rings. The third kappa shape index (κ3) is 3.54. The number of hydrogen-bond donors (Lipinski definition) is 0. The van der Waals surface area contributed by atoms with Crippen molar-refractivity contribution in [1.82, 2.24) is 9.97 Å². The Bertz CT molecular complexity index is 2660. The second-order valence-corrected chi connectivity index (χ2v) is 14.6. The van der Waals surface area contributed by atoms with E-state index in [-0.39, 0.29) is 0 Å². The molecular formula is C38H19N3O2S3. The summed E-state index contributed by atoms with van der Waals surface area (Å²) in [5.74, 6) is 1.27. The number of hydrogen-bond acceptors (Lipinski definition) is 8. The molecular weight excluding hydrogens is 627 g/mol. The maximum absolute atomic E-state index is 6.19. The first-order valence-corrected chi connectivity index (χ1v) is 17.3. The monoisotopic (exact) mass is 645 g/mol. The lowest BCUT2D eigenvalue weighted by Crippen LogP contribution is -2.19. The van der Waals surface area contributed by atoms with Crippen LogP contribution in [0.5, 0.6) is 0 Å². The van der Waals surface area contributed by atoms with Crippen LogP contribution in [0.15, 0.2) is 144 Å². The Morgan fingerprint density at radius 2 is 1.15 bits per heavy atom. The molecule has 2 aliphatic rings. The second-order valence-electron chi connectivity index (χ2n) is 11.4. The number of rotatable bonds is 2. The van der Waals surface area contributed by atoms with Crippen LogP contribution in [0.25, 0.3) is 65.3 Å². The quantitative estimate of drug-likeness (QED) is 0.185. The van der Waals surface area contributed by atoms with Gasteiger partial charge in [0.1, 0.15) is 11.0 Å². The molecule has 0 saturated carbocycles. The maximum atomic E-state index is 6.19. The van der Waals surface area contributed by atoms with Gasteiger partial charge in [-0.05, 0) is 72.8 Å². The van der Waals surface area contributed by atoms with E-state index < -0.39 is 0 Å². The van der Waals surface area contributed by atoms with Crippen LogP contribution in [0.1, 0.15) is 0 Å². The first kappa shape index (κ1) is 25.2. The van der Waals surface area contributed by atoms with E-state index in [9.17, 15) is 0 Å². The molecule has 5 nitrogen and oxygen atoms in total. The second kappa shape index (κ2) is 9.26. The van der Waals surface area contributed by atoms with Gasteiger partial charge in [0, 0.05) is 41.3 Å². The van der Waals surface area contributed by atoms with Crippen LogP contribution >= 0.6 is 34.9 Å². The van der Waals surface area contributed by atoms with Crippen molar-refractivity contribution in [2.45, 2.75) is 19.6 Å². The van der Waals surface area contributed by atoms with Gasteiger partial charge < -0.3 is 13.7 Å². The smallest absolute Gasteiger partial charge is 0.227 e. The van der Waals surface area contributed by atoms with Gasteiger partial charge >= 0.3 is 0 Å². The summed E-state index contributed by atoms with van der Waals surface area (Å²) >= 11 is 5.55. The molecule has 0 spiro atoms. The van der Waals surface area contributed by atoms with Crippen molar-refractivity contribution in [2.24, 2.45) is 0 Å². The molecule has 0 N–H and O–H groups in total. The lowest BCUT2D eigenvalue weighted by atomic mass is 10.1. The summed E-state index contributed by atoms with van der Waals surface area (Å²) in [6.07, 6.45) is 0. The zero-order chi connectivity index (χ0) is 29.9. The van der Waals surface area contributed by atoms with Crippen molar-refractivity contribution >= 4 is 94.3 Å². The molecule has 0 aliphatic carbocycles. The van der Waals surface area contributed by atoms with Gasteiger partial charge in [-0.1, -0.05) is 66.0 Å². The van der Waals surface area contributed by atoms with Gasteiger partial charge in [-0.2, -0.15) is 0 Å². The fourth-order valence-electron chi connectivity index (χ4n) is 6.60. The minimum atomic E-state index is 0.632. The van der Waals surface area contributed by atoms with Crippen molar-refractivity contribution in [2.75, 3.05) is 4.90 Å². The summed E-state index contributed by atoms with van der Waals surface area (Å²) in [5.41, 5.74) is 8.79. The van der Waals surface area contributed by atoms with E-state index in [1.165, 1.54) is 40.5 Å². The Hall–Kier alpha value is -5.02. The molecule has 0 unspecified atom stereocenters. The highest BCUT2D eigenvalue weighted by Gasteiger charge is 2.35. The molecule has 0 radical (unpaired) electrons. The van der Waals surface area contributed by atoms with E-state index in [2.05, 4.69) is 71.6 Å². The molecule has 0 atom stereocenters. The van der Waals surface area contributed by atoms with Crippen molar-refractivity contribution in [1.29, 1.82) is 0 Å². The normalized spacial score (nSPS) is 13.4. The molecule has 3 aromatic heterocycles. The molecule has 46 heavy (non-hydrogen) atoms. The molecule has 11 rings (SSSR count). The Kier molecular flexibility index (Phi) is 5.08. The van der Waals surface area contributed by atoms with Gasteiger partial charge in [0.2, 0.25) is 11.8 Å².